The lowest BCUT2D eigenvalue weighted by Gasteiger charge is -2.44. The number of carbonyl (C=O) groups excluding carboxylic acids is 2. The van der Waals surface area contributed by atoms with Gasteiger partial charge in [0.2, 0.25) is 5.91 Å². The van der Waals surface area contributed by atoms with Gasteiger partial charge >= 0.3 is 0 Å². The van der Waals surface area contributed by atoms with Gasteiger partial charge in [0, 0.05) is 16.3 Å². The molecule has 0 bridgehead atoms. The highest BCUT2D eigenvalue weighted by molar-refractivity contribution is 8.04. The van der Waals surface area contributed by atoms with Crippen LogP contribution in [0.5, 0.6) is 0 Å². The van der Waals surface area contributed by atoms with Crippen LogP contribution in [0.2, 0.25) is 5.02 Å². The van der Waals surface area contributed by atoms with Crippen molar-refractivity contribution < 1.29 is 9.59 Å². The van der Waals surface area contributed by atoms with Crippen molar-refractivity contribution in [2.45, 2.75) is 49.9 Å². The second-order valence-corrected chi connectivity index (χ2v) is 9.86. The van der Waals surface area contributed by atoms with E-state index < -0.39 is 0 Å². The number of benzene rings is 2. The van der Waals surface area contributed by atoms with Gasteiger partial charge in [-0.3, -0.25) is 9.59 Å². The maximum absolute atomic E-state index is 13.4. The fourth-order valence-electron chi connectivity index (χ4n) is 4.36. The molecule has 2 fully saturated rings. The summed E-state index contributed by atoms with van der Waals surface area (Å²) in [6.45, 7) is 2.05. The Labute approximate surface area is 193 Å². The normalized spacial score (nSPS) is 23.4. The van der Waals surface area contributed by atoms with Crippen LogP contribution < -0.4 is 5.32 Å². The molecule has 31 heavy (non-hydrogen) atoms. The van der Waals surface area contributed by atoms with E-state index in [-0.39, 0.29) is 30.4 Å². The van der Waals surface area contributed by atoms with Crippen LogP contribution in [-0.4, -0.2) is 34.6 Å². The zero-order valence-corrected chi connectivity index (χ0v) is 19.2. The van der Waals surface area contributed by atoms with Crippen LogP contribution >= 0.6 is 23.4 Å². The predicted octanol–water partition coefficient (Wildman–Crippen LogP) is 5.44. The molecule has 2 aromatic rings. The molecule has 2 aliphatic rings. The van der Waals surface area contributed by atoms with E-state index in [4.69, 9.17) is 11.6 Å². The summed E-state index contributed by atoms with van der Waals surface area (Å²) in [7, 11) is 0. The molecule has 162 valence electrons. The van der Waals surface area contributed by atoms with Gasteiger partial charge in [0.15, 0.2) is 0 Å². The zero-order valence-electron chi connectivity index (χ0n) is 17.6. The largest absolute Gasteiger partial charge is 0.348 e. The van der Waals surface area contributed by atoms with E-state index in [1.54, 1.807) is 16.7 Å². The molecule has 1 heterocycles. The number of carbonyl (C=O) groups is 2. The Bertz CT molecular complexity index is 978. The lowest BCUT2D eigenvalue weighted by molar-refractivity contribution is -0.135. The molecule has 4 nitrogen and oxygen atoms in total. The average Bonchev–Trinajstić information content (AvgIpc) is 2.78. The highest BCUT2D eigenvalue weighted by atomic mass is 35.5. The van der Waals surface area contributed by atoms with Crippen LogP contribution in [0.1, 0.15) is 49.8 Å². The first-order chi connectivity index (χ1) is 15.0. The molecule has 1 saturated carbocycles. The second-order valence-electron chi connectivity index (χ2n) is 8.17. The number of amides is 2. The van der Waals surface area contributed by atoms with Crippen molar-refractivity contribution in [2.75, 3.05) is 6.54 Å². The third kappa shape index (κ3) is 5.16. The Hall–Kier alpha value is -2.24. The third-order valence-electron chi connectivity index (χ3n) is 6.00. The summed E-state index contributed by atoms with van der Waals surface area (Å²) in [5.41, 5.74) is 1.88. The lowest BCUT2D eigenvalue weighted by Crippen LogP contribution is -2.54. The summed E-state index contributed by atoms with van der Waals surface area (Å²) in [6, 6.07) is 17.4. The van der Waals surface area contributed by atoms with Crippen molar-refractivity contribution in [2.24, 2.45) is 0 Å². The van der Waals surface area contributed by atoms with Gasteiger partial charge in [-0.2, -0.15) is 0 Å². The maximum Gasteiger partial charge on any atom is 0.261 e. The summed E-state index contributed by atoms with van der Waals surface area (Å²) >= 11 is 7.97. The number of hydrogen-bond acceptors (Lipinski definition) is 3. The molecule has 1 aliphatic heterocycles. The number of rotatable bonds is 5. The van der Waals surface area contributed by atoms with Gasteiger partial charge in [-0.1, -0.05) is 73.0 Å². The number of nitrogens with one attached hydrogen (secondary N) is 1. The topological polar surface area (TPSA) is 49.4 Å². The summed E-state index contributed by atoms with van der Waals surface area (Å²) in [4.78, 5) is 28.7. The first-order valence-corrected chi connectivity index (χ1v) is 12.1. The van der Waals surface area contributed by atoms with E-state index >= 15 is 0 Å². The van der Waals surface area contributed by atoms with Gasteiger partial charge in [0.25, 0.3) is 5.91 Å². The number of thioether (sulfide) groups is 1. The molecule has 0 spiro atoms. The first kappa shape index (κ1) is 22.0. The average molecular weight is 455 g/mol. The van der Waals surface area contributed by atoms with E-state index in [2.05, 4.69) is 5.32 Å². The van der Waals surface area contributed by atoms with E-state index in [9.17, 15) is 9.59 Å². The maximum atomic E-state index is 13.4. The van der Waals surface area contributed by atoms with E-state index in [0.717, 1.165) is 36.8 Å². The van der Waals surface area contributed by atoms with Crippen molar-refractivity contribution in [3.63, 3.8) is 0 Å². The molecule has 1 aliphatic carbocycles. The van der Waals surface area contributed by atoms with Crippen molar-refractivity contribution in [1.29, 1.82) is 0 Å². The molecule has 2 aromatic carbocycles. The van der Waals surface area contributed by atoms with Crippen molar-refractivity contribution in [3.8, 4) is 0 Å². The van der Waals surface area contributed by atoms with Gasteiger partial charge in [-0.25, -0.2) is 0 Å². The van der Waals surface area contributed by atoms with Crippen LogP contribution in [0.15, 0.2) is 59.5 Å². The standard InChI is InChI=1S/C25H27ClN2O2S/c1-17(18-9-3-2-4-10-18)27-24(29)16-28-21-13-7-8-14-22(21)31-23(25(28)30)15-19-11-5-6-12-20(19)26/h2-6,9-12,15,17,21-22H,7-8,13-14,16H2,1H3,(H,27,29)/b23-15+. The Morgan fingerprint density at radius 2 is 1.87 bits per heavy atom. The van der Waals surface area contributed by atoms with Gasteiger partial charge in [-0.15, -0.1) is 11.8 Å². The van der Waals surface area contributed by atoms with Crippen molar-refractivity contribution >= 4 is 41.3 Å². The minimum atomic E-state index is -0.127. The van der Waals surface area contributed by atoms with Gasteiger partial charge in [0.05, 0.1) is 10.9 Å². The third-order valence-corrected chi connectivity index (χ3v) is 7.74. The van der Waals surface area contributed by atoms with Gasteiger partial charge in [-0.05, 0) is 43.0 Å². The summed E-state index contributed by atoms with van der Waals surface area (Å²) in [5.74, 6) is -0.200. The minimum Gasteiger partial charge on any atom is -0.348 e. The molecule has 4 rings (SSSR count). The molecule has 0 aromatic heterocycles. The van der Waals surface area contributed by atoms with Crippen molar-refractivity contribution in [3.05, 3.63) is 75.7 Å². The summed E-state index contributed by atoms with van der Waals surface area (Å²) in [5, 5.41) is 3.99. The predicted molar refractivity (Wildman–Crippen MR) is 128 cm³/mol. The number of nitrogens with zero attached hydrogens (tertiary/aromatic N) is 1. The zero-order chi connectivity index (χ0) is 21.8. The van der Waals surface area contributed by atoms with Crippen LogP contribution in [0.3, 0.4) is 0 Å². The molecule has 6 heteroatoms. The van der Waals surface area contributed by atoms with Gasteiger partial charge in [0.1, 0.15) is 6.54 Å². The molecule has 3 unspecified atom stereocenters. The Balaban J connectivity index is 1.53. The van der Waals surface area contributed by atoms with Crippen LogP contribution in [-0.2, 0) is 9.59 Å². The SMILES string of the molecule is CC(NC(=O)CN1C(=O)/C(=C\c2ccccc2Cl)SC2CCCCC21)c1ccccc1. The highest BCUT2D eigenvalue weighted by Crippen LogP contribution is 2.42. The molecule has 1 N–H and O–H groups in total. The molecular weight excluding hydrogens is 428 g/mol. The first-order valence-electron chi connectivity index (χ1n) is 10.8. The van der Waals surface area contributed by atoms with E-state index in [0.29, 0.717) is 15.2 Å². The van der Waals surface area contributed by atoms with E-state index in [1.165, 1.54) is 0 Å². The van der Waals surface area contributed by atoms with Crippen LogP contribution in [0.25, 0.3) is 6.08 Å². The monoisotopic (exact) mass is 454 g/mol. The van der Waals surface area contributed by atoms with Crippen LogP contribution in [0, 0.1) is 0 Å². The molecule has 2 amide bonds. The number of fused-ring (bicyclic) bond motifs is 1. The fraction of sp³-hybridized carbons (Fsp3) is 0.360. The lowest BCUT2D eigenvalue weighted by atomic mass is 9.93. The molecule has 1 saturated heterocycles. The summed E-state index contributed by atoms with van der Waals surface area (Å²) < 4.78 is 0. The van der Waals surface area contributed by atoms with Gasteiger partial charge < -0.3 is 10.2 Å². The highest BCUT2D eigenvalue weighted by Gasteiger charge is 2.41. The van der Waals surface area contributed by atoms with Crippen molar-refractivity contribution in [1.82, 2.24) is 10.2 Å². The fourth-order valence-corrected chi connectivity index (χ4v) is 6.02. The Morgan fingerprint density at radius 1 is 1.16 bits per heavy atom. The molecular formula is C25H27ClN2O2S. The number of halogens is 1. The summed E-state index contributed by atoms with van der Waals surface area (Å²) in [6.07, 6.45) is 6.13. The molecule has 3 atom stereocenters. The molecule has 0 radical (unpaired) electrons. The Morgan fingerprint density at radius 3 is 2.65 bits per heavy atom. The van der Waals surface area contributed by atoms with Crippen LogP contribution in [0.4, 0.5) is 0 Å². The Kier molecular flexibility index (Phi) is 7.03. The minimum absolute atomic E-state index is 0.0735. The van der Waals surface area contributed by atoms with E-state index in [1.807, 2.05) is 67.6 Å². The smallest absolute Gasteiger partial charge is 0.261 e. The quantitative estimate of drug-likeness (QED) is 0.611. The second kappa shape index (κ2) is 9.92. The number of hydrogen-bond donors (Lipinski definition) is 1.